The first kappa shape index (κ1) is 36.8. The summed E-state index contributed by atoms with van der Waals surface area (Å²) in [5, 5.41) is 31.7. The molecule has 0 radical (unpaired) electrons. The van der Waals surface area contributed by atoms with Gasteiger partial charge in [0.2, 0.25) is 0 Å². The number of aromatic amines is 3. The second-order valence-electron chi connectivity index (χ2n) is 11.1. The van der Waals surface area contributed by atoms with Gasteiger partial charge in [0.25, 0.3) is 5.69 Å². The molecule has 252 valence electrons. The van der Waals surface area contributed by atoms with Crippen LogP contribution in [0.4, 0.5) is 5.69 Å². The van der Waals surface area contributed by atoms with Gasteiger partial charge in [-0.25, -0.2) is 0 Å². The molecular weight excluding hydrogens is 816 g/mol. The van der Waals surface area contributed by atoms with E-state index in [1.165, 1.54) is 22.7 Å². The number of nitrogens with two attached hydrogens (primary N) is 2. The van der Waals surface area contributed by atoms with Crippen LogP contribution in [-0.2, 0) is 22.4 Å². The molecule has 0 amide bonds. The average molecular weight is 849 g/mol. The average Bonchev–Trinajstić information content (AvgIpc) is 3.67. The van der Waals surface area contributed by atoms with Crippen LogP contribution in [0.2, 0.25) is 0 Å². The van der Waals surface area contributed by atoms with E-state index in [9.17, 15) is 19.7 Å². The van der Waals surface area contributed by atoms with Crippen molar-refractivity contribution in [2.24, 2.45) is 11.5 Å². The van der Waals surface area contributed by atoms with Crippen LogP contribution in [0.1, 0.15) is 28.2 Å². The fourth-order valence-electron chi connectivity index (χ4n) is 5.37. The molecule has 6 rings (SSSR count). The largest absolute Gasteiger partial charge is 0.480 e. The van der Waals surface area contributed by atoms with Gasteiger partial charge in [-0.15, -0.1) is 0 Å². The van der Waals surface area contributed by atoms with E-state index in [1.54, 1.807) is 13.0 Å². The van der Waals surface area contributed by atoms with E-state index in [4.69, 9.17) is 21.7 Å². The normalized spacial score (nSPS) is 12.2. The van der Waals surface area contributed by atoms with Gasteiger partial charge < -0.3 is 36.6 Å². The number of H-pyrrole nitrogens is 3. The van der Waals surface area contributed by atoms with E-state index < -0.39 is 28.9 Å². The number of halogens is 3. The second kappa shape index (κ2) is 15.5. The van der Waals surface area contributed by atoms with Gasteiger partial charge in [-0.3, -0.25) is 19.7 Å². The quantitative estimate of drug-likeness (QED) is 0.0628. The summed E-state index contributed by atoms with van der Waals surface area (Å²) in [5.41, 5.74) is 18.1. The Kier molecular flexibility index (Phi) is 11.9. The Balaban J connectivity index is 0.000000169. The summed E-state index contributed by atoms with van der Waals surface area (Å²) >= 11 is 10.3. The SMILES string of the molecule is Cc1[nH]c2c([N+](=O)[O-])ccc(Br)c2c1CC(N)C(=O)O.Cc1[nH]c2cccc(Br)c2c1CC(N)C(=O)O.Cc1cc2c(Br)cccc2[nH]1. The summed E-state index contributed by atoms with van der Waals surface area (Å²) in [4.78, 5) is 41.7. The number of aromatic nitrogens is 3. The van der Waals surface area contributed by atoms with Crippen LogP contribution in [0, 0.1) is 30.9 Å². The number of aliphatic carboxylic acids is 2. The zero-order valence-electron chi connectivity index (χ0n) is 26.0. The van der Waals surface area contributed by atoms with Crippen molar-refractivity contribution >= 4 is 98.1 Å². The predicted octanol–water partition coefficient (Wildman–Crippen LogP) is 7.53. The minimum Gasteiger partial charge on any atom is -0.480 e. The summed E-state index contributed by atoms with van der Waals surface area (Å²) < 4.78 is 2.77. The molecule has 0 fully saturated rings. The van der Waals surface area contributed by atoms with Crippen molar-refractivity contribution in [2.45, 2.75) is 45.7 Å². The number of fused-ring (bicyclic) bond motifs is 3. The van der Waals surface area contributed by atoms with Gasteiger partial charge in [0.05, 0.1) is 4.92 Å². The summed E-state index contributed by atoms with van der Waals surface area (Å²) in [7, 11) is 0. The molecule has 12 nitrogen and oxygen atoms in total. The lowest BCUT2D eigenvalue weighted by Gasteiger charge is -2.07. The standard InChI is InChI=1S/C12H12BrN3O4.C12H13BrN2O2.C9H8BrN/c1-5-6(4-8(14)12(17)18)10-7(13)2-3-9(16(19)20)11(10)15-5;1-6-7(5-9(14)12(16)17)11-8(13)3-2-4-10(11)15-6;1-6-5-7-8(10)3-2-4-9(7)11-6/h2-3,8,15H,4,14H2,1H3,(H,17,18);2-4,9,15H,5,14H2,1H3,(H,16,17);2-5,11H,1H3. The molecule has 15 heteroatoms. The number of nitro benzene ring substituents is 1. The zero-order valence-corrected chi connectivity index (χ0v) is 30.8. The fraction of sp³-hybridized carbons (Fsp3) is 0.212. The number of nitrogens with zero attached hydrogens (tertiary/aromatic N) is 1. The maximum absolute atomic E-state index is 11.0. The van der Waals surface area contributed by atoms with Crippen molar-refractivity contribution < 1.29 is 24.7 Å². The summed E-state index contributed by atoms with van der Waals surface area (Å²) in [5.74, 6) is -2.09. The molecule has 0 aliphatic heterocycles. The van der Waals surface area contributed by atoms with Gasteiger partial charge in [0.1, 0.15) is 17.6 Å². The number of nitrogens with one attached hydrogen (secondary N) is 3. The van der Waals surface area contributed by atoms with E-state index >= 15 is 0 Å². The minimum absolute atomic E-state index is 0.0542. The van der Waals surface area contributed by atoms with Crippen molar-refractivity contribution in [2.75, 3.05) is 0 Å². The smallest absolute Gasteiger partial charge is 0.320 e. The Labute approximate surface area is 299 Å². The minimum atomic E-state index is -1.11. The molecule has 2 atom stereocenters. The Bertz CT molecular complexity index is 2150. The number of carbonyl (C=O) groups is 2. The van der Waals surface area contributed by atoms with Crippen LogP contribution < -0.4 is 11.5 Å². The monoisotopic (exact) mass is 846 g/mol. The van der Waals surface area contributed by atoms with Crippen LogP contribution in [0.3, 0.4) is 0 Å². The number of hydrogen-bond acceptors (Lipinski definition) is 6. The molecule has 3 heterocycles. The summed E-state index contributed by atoms with van der Waals surface area (Å²) in [6, 6.07) is 15.2. The molecule has 6 aromatic rings. The molecule has 0 bridgehead atoms. The highest BCUT2D eigenvalue weighted by atomic mass is 79.9. The van der Waals surface area contributed by atoms with Crippen molar-refractivity contribution in [3.8, 4) is 0 Å². The molecule has 0 saturated carbocycles. The van der Waals surface area contributed by atoms with Crippen molar-refractivity contribution in [1.29, 1.82) is 0 Å². The molecule has 2 unspecified atom stereocenters. The molecule has 3 aromatic heterocycles. The molecule has 3 aromatic carbocycles. The Morgan fingerprint density at radius 1 is 0.771 bits per heavy atom. The second-order valence-corrected chi connectivity index (χ2v) is 13.7. The van der Waals surface area contributed by atoms with Gasteiger partial charge in [-0.1, -0.05) is 59.9 Å². The van der Waals surface area contributed by atoms with Gasteiger partial charge in [0, 0.05) is 76.6 Å². The third-order valence-electron chi connectivity index (χ3n) is 7.71. The van der Waals surface area contributed by atoms with E-state index in [-0.39, 0.29) is 12.1 Å². The molecule has 0 saturated heterocycles. The summed E-state index contributed by atoms with van der Waals surface area (Å²) in [6.45, 7) is 5.73. The van der Waals surface area contributed by atoms with Crippen LogP contribution >= 0.6 is 47.8 Å². The predicted molar refractivity (Wildman–Crippen MR) is 197 cm³/mol. The number of carboxylic acid groups (broad SMARTS) is 2. The van der Waals surface area contributed by atoms with E-state index in [0.29, 0.717) is 33.1 Å². The maximum Gasteiger partial charge on any atom is 0.320 e. The lowest BCUT2D eigenvalue weighted by molar-refractivity contribution is -0.383. The molecule has 0 aliphatic carbocycles. The number of nitro groups is 1. The third-order valence-corrected chi connectivity index (χ3v) is 9.73. The van der Waals surface area contributed by atoms with Crippen molar-refractivity contribution in [1.82, 2.24) is 15.0 Å². The summed E-state index contributed by atoms with van der Waals surface area (Å²) in [6.07, 6.45) is 0.421. The Morgan fingerprint density at radius 3 is 1.85 bits per heavy atom. The molecule has 0 spiro atoms. The maximum atomic E-state index is 11.0. The van der Waals surface area contributed by atoms with Crippen LogP contribution in [0.5, 0.6) is 0 Å². The molecular formula is C33H33Br3N6O6. The van der Waals surface area contributed by atoms with E-state index in [1.807, 2.05) is 31.2 Å². The number of carboxylic acids is 2. The van der Waals surface area contributed by atoms with E-state index in [2.05, 4.69) is 87.9 Å². The third kappa shape index (κ3) is 8.15. The fourth-order valence-corrected chi connectivity index (χ4v) is 7.03. The Morgan fingerprint density at radius 2 is 1.29 bits per heavy atom. The van der Waals surface area contributed by atoms with Gasteiger partial charge in [-0.05, 0) is 68.3 Å². The van der Waals surface area contributed by atoms with Gasteiger partial charge in [-0.2, -0.15) is 0 Å². The number of non-ortho nitro benzene ring substituents is 1. The van der Waals surface area contributed by atoms with Crippen molar-refractivity contribution in [3.63, 3.8) is 0 Å². The highest BCUT2D eigenvalue weighted by Gasteiger charge is 2.23. The highest BCUT2D eigenvalue weighted by molar-refractivity contribution is 9.11. The topological polar surface area (TPSA) is 217 Å². The van der Waals surface area contributed by atoms with Gasteiger partial charge in [0.15, 0.2) is 0 Å². The first-order valence-electron chi connectivity index (χ1n) is 14.5. The van der Waals surface area contributed by atoms with Crippen LogP contribution in [0.15, 0.2) is 68.0 Å². The highest BCUT2D eigenvalue weighted by Crippen LogP contribution is 2.36. The Hall–Kier alpha value is -4.02. The molecule has 48 heavy (non-hydrogen) atoms. The van der Waals surface area contributed by atoms with Gasteiger partial charge >= 0.3 is 11.9 Å². The molecule has 9 N–H and O–H groups in total. The zero-order chi connectivity index (χ0) is 35.4. The van der Waals surface area contributed by atoms with Crippen LogP contribution in [0.25, 0.3) is 32.7 Å². The number of rotatable bonds is 7. The first-order valence-corrected chi connectivity index (χ1v) is 16.9. The lowest BCUT2D eigenvalue weighted by atomic mass is 10.0. The first-order chi connectivity index (χ1) is 22.6. The van der Waals surface area contributed by atoms with Crippen LogP contribution in [-0.4, -0.2) is 54.1 Å². The number of benzene rings is 3. The number of hydrogen-bond donors (Lipinski definition) is 7. The number of aryl methyl sites for hydroxylation is 3. The van der Waals surface area contributed by atoms with E-state index in [0.717, 1.165) is 31.1 Å². The lowest BCUT2D eigenvalue weighted by Crippen LogP contribution is -2.32. The van der Waals surface area contributed by atoms with Crippen molar-refractivity contribution in [3.05, 3.63) is 106 Å². The molecule has 0 aliphatic rings.